The van der Waals surface area contributed by atoms with Crippen LogP contribution in [0, 0.1) is 11.3 Å². The summed E-state index contributed by atoms with van der Waals surface area (Å²) in [5.74, 6) is 0.208. The lowest BCUT2D eigenvalue weighted by molar-refractivity contribution is 0.597. The first-order valence-electron chi connectivity index (χ1n) is 5.71. The van der Waals surface area contributed by atoms with Crippen molar-refractivity contribution in [2.75, 3.05) is 5.32 Å². The Kier molecular flexibility index (Phi) is 3.98. The van der Waals surface area contributed by atoms with Crippen LogP contribution in [0.1, 0.15) is 11.1 Å². The van der Waals surface area contributed by atoms with Crippen LogP contribution in [0.25, 0.3) is 0 Å². The summed E-state index contributed by atoms with van der Waals surface area (Å²) in [6.45, 7) is 0.380. The van der Waals surface area contributed by atoms with Gasteiger partial charge in [0.2, 0.25) is 10.0 Å². The van der Waals surface area contributed by atoms with Gasteiger partial charge in [-0.25, -0.2) is 18.5 Å². The third kappa shape index (κ3) is 3.32. The minimum absolute atomic E-state index is 0.0476. The number of nitrogens with one attached hydrogen (secondary N) is 1. The fourth-order valence-electron chi connectivity index (χ4n) is 1.64. The number of nitriles is 1. The van der Waals surface area contributed by atoms with Crippen molar-refractivity contribution in [3.63, 3.8) is 0 Å². The van der Waals surface area contributed by atoms with E-state index in [1.54, 1.807) is 24.3 Å². The van der Waals surface area contributed by atoms with E-state index < -0.39 is 10.0 Å². The Labute approximate surface area is 116 Å². The number of nitrogens with two attached hydrogens (primary N) is 1. The molecule has 0 unspecified atom stereocenters. The Bertz CT molecular complexity index is 749. The van der Waals surface area contributed by atoms with Crippen molar-refractivity contribution < 1.29 is 8.42 Å². The molecule has 102 valence electrons. The summed E-state index contributed by atoms with van der Waals surface area (Å²) in [6.07, 6.45) is 1.48. The first kappa shape index (κ1) is 14.0. The minimum atomic E-state index is -3.82. The van der Waals surface area contributed by atoms with Gasteiger partial charge in [-0.1, -0.05) is 12.1 Å². The molecular formula is C13H12N4O2S. The number of pyridine rings is 1. The van der Waals surface area contributed by atoms with Crippen LogP contribution in [0.3, 0.4) is 0 Å². The van der Waals surface area contributed by atoms with Crippen LogP contribution in [-0.2, 0) is 16.6 Å². The van der Waals surface area contributed by atoms with Crippen molar-refractivity contribution in [3.8, 4) is 6.07 Å². The maximum Gasteiger partial charge on any atom is 0.241 e. The molecule has 0 saturated heterocycles. The van der Waals surface area contributed by atoms with Crippen LogP contribution in [0.15, 0.2) is 47.5 Å². The van der Waals surface area contributed by atoms with Crippen molar-refractivity contribution in [1.82, 2.24) is 4.98 Å². The molecule has 7 heteroatoms. The number of nitrogens with zero attached hydrogens (tertiary/aromatic N) is 2. The maximum absolute atomic E-state index is 11.4. The molecule has 0 aliphatic heterocycles. The number of primary sulfonamides is 1. The zero-order valence-corrected chi connectivity index (χ0v) is 11.3. The molecule has 0 aliphatic rings. The zero-order chi connectivity index (χ0) is 14.6. The predicted octanol–water partition coefficient (Wildman–Crippen LogP) is 1.21. The lowest BCUT2D eigenvalue weighted by Crippen LogP contribution is -2.15. The highest BCUT2D eigenvalue weighted by Crippen LogP contribution is 2.17. The average Bonchev–Trinajstić information content (AvgIpc) is 2.45. The van der Waals surface area contributed by atoms with E-state index in [4.69, 9.17) is 10.4 Å². The van der Waals surface area contributed by atoms with Gasteiger partial charge in [-0.3, -0.25) is 0 Å². The quantitative estimate of drug-likeness (QED) is 0.879. The molecule has 0 amide bonds. The molecule has 0 saturated carbocycles. The molecule has 0 aliphatic carbocycles. The molecule has 0 atom stereocenters. The van der Waals surface area contributed by atoms with Gasteiger partial charge >= 0.3 is 0 Å². The number of benzene rings is 1. The standard InChI is InChI=1S/C13H12N4O2S/c14-8-10-3-5-11(6-4-10)9-17-13-12(20(15,18)19)2-1-7-16-13/h1-7H,9H2,(H,16,17)(H2,15,18,19). The second kappa shape index (κ2) is 5.69. The Morgan fingerprint density at radius 3 is 2.55 bits per heavy atom. The van der Waals surface area contributed by atoms with Gasteiger partial charge in [-0.2, -0.15) is 5.26 Å². The number of rotatable bonds is 4. The second-order valence-electron chi connectivity index (χ2n) is 4.06. The average molecular weight is 288 g/mol. The van der Waals surface area contributed by atoms with Gasteiger partial charge in [-0.15, -0.1) is 0 Å². The van der Waals surface area contributed by atoms with Crippen molar-refractivity contribution in [1.29, 1.82) is 5.26 Å². The molecule has 2 rings (SSSR count). The van der Waals surface area contributed by atoms with Crippen molar-refractivity contribution >= 4 is 15.8 Å². The first-order valence-corrected chi connectivity index (χ1v) is 7.26. The van der Waals surface area contributed by atoms with Gasteiger partial charge in [0.1, 0.15) is 10.7 Å². The van der Waals surface area contributed by atoms with E-state index >= 15 is 0 Å². The molecule has 0 fully saturated rings. The van der Waals surface area contributed by atoms with E-state index in [9.17, 15) is 8.42 Å². The monoisotopic (exact) mass is 288 g/mol. The largest absolute Gasteiger partial charge is 0.365 e. The number of anilines is 1. The molecular weight excluding hydrogens is 276 g/mol. The molecule has 3 N–H and O–H groups in total. The lowest BCUT2D eigenvalue weighted by Gasteiger charge is -2.09. The molecule has 6 nitrogen and oxygen atoms in total. The van der Waals surface area contributed by atoms with E-state index in [1.165, 1.54) is 18.3 Å². The summed E-state index contributed by atoms with van der Waals surface area (Å²) in [5.41, 5.74) is 1.46. The van der Waals surface area contributed by atoms with Gasteiger partial charge in [-0.05, 0) is 29.8 Å². The van der Waals surface area contributed by atoms with Crippen LogP contribution >= 0.6 is 0 Å². The highest BCUT2D eigenvalue weighted by Gasteiger charge is 2.14. The second-order valence-corrected chi connectivity index (χ2v) is 5.59. The topological polar surface area (TPSA) is 109 Å². The summed E-state index contributed by atoms with van der Waals surface area (Å²) in [7, 11) is -3.82. The summed E-state index contributed by atoms with van der Waals surface area (Å²) < 4.78 is 22.8. The predicted molar refractivity (Wildman–Crippen MR) is 74.1 cm³/mol. The molecule has 0 spiro atoms. The third-order valence-corrected chi connectivity index (χ3v) is 3.56. The SMILES string of the molecule is N#Cc1ccc(CNc2ncccc2S(N)(=O)=O)cc1. The van der Waals surface area contributed by atoms with Crippen LogP contribution < -0.4 is 10.5 Å². The van der Waals surface area contributed by atoms with E-state index in [1.807, 2.05) is 6.07 Å². The molecule has 0 radical (unpaired) electrons. The summed E-state index contributed by atoms with van der Waals surface area (Å²) in [5, 5.41) is 16.7. The normalized spacial score (nSPS) is 10.8. The Morgan fingerprint density at radius 2 is 1.95 bits per heavy atom. The molecule has 1 heterocycles. The first-order chi connectivity index (χ1) is 9.50. The van der Waals surface area contributed by atoms with Gasteiger partial charge in [0.15, 0.2) is 0 Å². The van der Waals surface area contributed by atoms with Crippen LogP contribution in [0.4, 0.5) is 5.82 Å². The molecule has 0 bridgehead atoms. The number of hydrogen-bond acceptors (Lipinski definition) is 5. The number of aromatic nitrogens is 1. The van der Waals surface area contributed by atoms with Crippen LogP contribution in [0.2, 0.25) is 0 Å². The summed E-state index contributed by atoms with van der Waals surface area (Å²) >= 11 is 0. The highest BCUT2D eigenvalue weighted by atomic mass is 32.2. The number of sulfonamides is 1. The van der Waals surface area contributed by atoms with E-state index in [0.29, 0.717) is 12.1 Å². The smallest absolute Gasteiger partial charge is 0.241 e. The van der Waals surface area contributed by atoms with Crippen LogP contribution in [0.5, 0.6) is 0 Å². The van der Waals surface area contributed by atoms with Crippen molar-refractivity contribution in [2.45, 2.75) is 11.4 Å². The minimum Gasteiger partial charge on any atom is -0.365 e. The molecule has 20 heavy (non-hydrogen) atoms. The number of hydrogen-bond donors (Lipinski definition) is 2. The van der Waals surface area contributed by atoms with E-state index in [2.05, 4.69) is 10.3 Å². The fourth-order valence-corrected chi connectivity index (χ4v) is 2.30. The highest BCUT2D eigenvalue weighted by molar-refractivity contribution is 7.89. The van der Waals surface area contributed by atoms with Crippen LogP contribution in [-0.4, -0.2) is 13.4 Å². The summed E-state index contributed by atoms with van der Waals surface area (Å²) in [6, 6.07) is 11.9. The fraction of sp³-hybridized carbons (Fsp3) is 0.0769. The Morgan fingerprint density at radius 1 is 1.25 bits per heavy atom. The maximum atomic E-state index is 11.4. The van der Waals surface area contributed by atoms with Gasteiger partial charge in [0.05, 0.1) is 11.6 Å². The van der Waals surface area contributed by atoms with Gasteiger partial charge < -0.3 is 5.32 Å². The third-order valence-electron chi connectivity index (χ3n) is 2.62. The Hall–Kier alpha value is -2.43. The zero-order valence-electron chi connectivity index (χ0n) is 10.4. The van der Waals surface area contributed by atoms with E-state index in [0.717, 1.165) is 5.56 Å². The van der Waals surface area contributed by atoms with E-state index in [-0.39, 0.29) is 10.7 Å². The molecule has 1 aromatic carbocycles. The Balaban J connectivity index is 2.17. The summed E-state index contributed by atoms with van der Waals surface area (Å²) in [4.78, 5) is 3.92. The molecule has 2 aromatic rings. The lowest BCUT2D eigenvalue weighted by atomic mass is 10.1. The molecule has 1 aromatic heterocycles. The van der Waals surface area contributed by atoms with Gasteiger partial charge in [0, 0.05) is 12.7 Å². The van der Waals surface area contributed by atoms with Crippen molar-refractivity contribution in [2.24, 2.45) is 5.14 Å². The van der Waals surface area contributed by atoms with Crippen molar-refractivity contribution in [3.05, 3.63) is 53.7 Å². The van der Waals surface area contributed by atoms with Gasteiger partial charge in [0.25, 0.3) is 0 Å².